The van der Waals surface area contributed by atoms with Crippen molar-refractivity contribution < 1.29 is 14.3 Å². The summed E-state index contributed by atoms with van der Waals surface area (Å²) in [6, 6.07) is 12.6. The van der Waals surface area contributed by atoms with Crippen LogP contribution in [0.4, 0.5) is 10.5 Å². The molecule has 2 atom stereocenters. The zero-order valence-electron chi connectivity index (χ0n) is 18.1. The number of carbonyl (C=O) groups is 2. The molecule has 0 spiro atoms. The molecule has 2 N–H and O–H groups in total. The van der Waals surface area contributed by atoms with Gasteiger partial charge in [0, 0.05) is 17.5 Å². The predicted molar refractivity (Wildman–Crippen MR) is 122 cm³/mol. The fourth-order valence-electron chi connectivity index (χ4n) is 3.37. The molecule has 2 aromatic carbocycles. The van der Waals surface area contributed by atoms with Crippen LogP contribution in [0.1, 0.15) is 35.9 Å². The second-order valence-electron chi connectivity index (χ2n) is 7.77. The van der Waals surface area contributed by atoms with Gasteiger partial charge >= 0.3 is 6.03 Å². The van der Waals surface area contributed by atoms with Crippen molar-refractivity contribution in [3.05, 3.63) is 59.2 Å². The monoisotopic (exact) mass is 427 g/mol. The van der Waals surface area contributed by atoms with Crippen molar-refractivity contribution in [3.63, 3.8) is 0 Å². The zero-order chi connectivity index (χ0) is 21.8. The van der Waals surface area contributed by atoms with Gasteiger partial charge in [0.2, 0.25) is 5.91 Å². The minimum atomic E-state index is -0.545. The number of aryl methyl sites for hydroxylation is 2. The molecule has 0 aromatic heterocycles. The topological polar surface area (TPSA) is 70.7 Å². The molecule has 0 aliphatic carbocycles. The van der Waals surface area contributed by atoms with Crippen molar-refractivity contribution in [1.82, 2.24) is 10.2 Å². The highest BCUT2D eigenvalue weighted by Gasteiger charge is 2.42. The molecular weight excluding hydrogens is 398 g/mol. The van der Waals surface area contributed by atoms with E-state index in [1.54, 1.807) is 23.8 Å². The molecule has 1 heterocycles. The van der Waals surface area contributed by atoms with Crippen LogP contribution in [0.5, 0.6) is 5.75 Å². The Labute approximate surface area is 182 Å². The molecule has 3 amide bonds. The van der Waals surface area contributed by atoms with E-state index in [-0.39, 0.29) is 23.4 Å². The van der Waals surface area contributed by atoms with Gasteiger partial charge < -0.3 is 15.4 Å². The molecule has 6 nitrogen and oxygen atoms in total. The molecule has 1 saturated heterocycles. The van der Waals surface area contributed by atoms with E-state index in [4.69, 9.17) is 4.74 Å². The molecule has 0 radical (unpaired) electrons. The van der Waals surface area contributed by atoms with E-state index in [0.717, 1.165) is 28.1 Å². The summed E-state index contributed by atoms with van der Waals surface area (Å²) in [6.07, 6.45) is 0. The second-order valence-corrected chi connectivity index (χ2v) is 8.89. The Hall–Kier alpha value is -2.67. The van der Waals surface area contributed by atoms with Crippen molar-refractivity contribution in [2.45, 2.75) is 45.2 Å². The summed E-state index contributed by atoms with van der Waals surface area (Å²) in [7, 11) is 1.62. The molecule has 0 bridgehead atoms. The van der Waals surface area contributed by atoms with Crippen LogP contribution in [0.15, 0.2) is 42.5 Å². The van der Waals surface area contributed by atoms with Crippen LogP contribution in [0.2, 0.25) is 0 Å². The van der Waals surface area contributed by atoms with Gasteiger partial charge in [-0.2, -0.15) is 0 Å². The number of nitrogens with one attached hydrogen (secondary N) is 2. The van der Waals surface area contributed by atoms with Crippen LogP contribution in [-0.4, -0.2) is 41.8 Å². The Balaban J connectivity index is 1.88. The fraction of sp³-hybridized carbons (Fsp3) is 0.391. The average molecular weight is 428 g/mol. The summed E-state index contributed by atoms with van der Waals surface area (Å²) in [5.41, 5.74) is 3.94. The van der Waals surface area contributed by atoms with Crippen LogP contribution in [0.3, 0.4) is 0 Å². The third kappa shape index (κ3) is 4.90. The van der Waals surface area contributed by atoms with Gasteiger partial charge in [0.1, 0.15) is 17.2 Å². The Morgan fingerprint density at radius 2 is 1.80 bits per heavy atom. The van der Waals surface area contributed by atoms with Gasteiger partial charge in [-0.25, -0.2) is 4.79 Å². The van der Waals surface area contributed by atoms with Gasteiger partial charge in [-0.3, -0.25) is 9.69 Å². The fourth-order valence-corrected chi connectivity index (χ4v) is 4.80. The Kier molecular flexibility index (Phi) is 6.92. The summed E-state index contributed by atoms with van der Waals surface area (Å²) in [6.45, 7) is 7.88. The van der Waals surface area contributed by atoms with Crippen LogP contribution in [0, 0.1) is 13.8 Å². The summed E-state index contributed by atoms with van der Waals surface area (Å²) in [4.78, 5) is 27.8. The van der Waals surface area contributed by atoms with Crippen molar-refractivity contribution in [2.75, 3.05) is 18.2 Å². The summed E-state index contributed by atoms with van der Waals surface area (Å²) in [5.74, 6) is 1.15. The standard InChI is InChI=1S/C23H29N3O3S/c1-14(2)24-21(27)20-13-30-22(17-7-10-19(29-5)11-8-17)26(20)23(28)25-18-9-6-15(3)16(4)12-18/h6-12,14,20,22H,13H2,1-5H3,(H,24,27)(H,25,28). The zero-order valence-corrected chi connectivity index (χ0v) is 18.9. The average Bonchev–Trinajstić information content (AvgIpc) is 3.16. The lowest BCUT2D eigenvalue weighted by atomic mass is 10.1. The molecule has 1 fully saturated rings. The normalized spacial score (nSPS) is 18.4. The first-order chi connectivity index (χ1) is 14.3. The summed E-state index contributed by atoms with van der Waals surface area (Å²) >= 11 is 1.59. The number of methoxy groups -OCH3 is 1. The molecule has 3 rings (SSSR count). The SMILES string of the molecule is COc1ccc(C2SCC(C(=O)NC(C)C)N2C(=O)Nc2ccc(C)c(C)c2)cc1. The number of carbonyl (C=O) groups excluding carboxylic acids is 2. The molecule has 160 valence electrons. The van der Waals surface area contributed by atoms with Crippen LogP contribution < -0.4 is 15.4 Å². The van der Waals surface area contributed by atoms with Gasteiger partial charge in [0.05, 0.1) is 7.11 Å². The van der Waals surface area contributed by atoms with Crippen LogP contribution in [-0.2, 0) is 4.79 Å². The molecule has 0 saturated carbocycles. The highest BCUT2D eigenvalue weighted by molar-refractivity contribution is 7.99. The number of rotatable bonds is 5. The first kappa shape index (κ1) is 22.0. The minimum Gasteiger partial charge on any atom is -0.497 e. The van der Waals surface area contributed by atoms with E-state index in [1.165, 1.54) is 0 Å². The molecule has 2 unspecified atom stereocenters. The maximum atomic E-state index is 13.3. The molecule has 30 heavy (non-hydrogen) atoms. The van der Waals surface area contributed by atoms with E-state index < -0.39 is 6.04 Å². The van der Waals surface area contributed by atoms with E-state index in [0.29, 0.717) is 5.75 Å². The lowest BCUT2D eigenvalue weighted by Crippen LogP contribution is -2.50. The number of hydrogen-bond acceptors (Lipinski definition) is 4. The predicted octanol–water partition coefficient (Wildman–Crippen LogP) is 4.48. The molecule has 1 aliphatic heterocycles. The van der Waals surface area contributed by atoms with E-state index in [1.807, 2.05) is 70.2 Å². The van der Waals surface area contributed by atoms with Gasteiger partial charge in [-0.15, -0.1) is 11.8 Å². The van der Waals surface area contributed by atoms with E-state index in [2.05, 4.69) is 10.6 Å². The number of urea groups is 1. The van der Waals surface area contributed by atoms with Gasteiger partial charge in [0.25, 0.3) is 0 Å². The van der Waals surface area contributed by atoms with E-state index in [9.17, 15) is 9.59 Å². The second kappa shape index (κ2) is 9.43. The first-order valence-electron chi connectivity index (χ1n) is 10.0. The van der Waals surface area contributed by atoms with E-state index >= 15 is 0 Å². The van der Waals surface area contributed by atoms with Gasteiger partial charge in [-0.1, -0.05) is 18.2 Å². The highest BCUT2D eigenvalue weighted by atomic mass is 32.2. The number of benzene rings is 2. The van der Waals surface area contributed by atoms with Gasteiger partial charge in [0.15, 0.2) is 0 Å². The quantitative estimate of drug-likeness (QED) is 0.738. The van der Waals surface area contributed by atoms with Crippen molar-refractivity contribution in [1.29, 1.82) is 0 Å². The third-order valence-corrected chi connectivity index (χ3v) is 6.45. The molecule has 1 aliphatic rings. The maximum Gasteiger partial charge on any atom is 0.323 e. The van der Waals surface area contributed by atoms with Crippen LogP contribution >= 0.6 is 11.8 Å². The number of anilines is 1. The summed E-state index contributed by atoms with van der Waals surface area (Å²) in [5, 5.41) is 5.67. The Morgan fingerprint density at radius 3 is 2.40 bits per heavy atom. The Morgan fingerprint density at radius 1 is 1.10 bits per heavy atom. The van der Waals surface area contributed by atoms with Crippen molar-refractivity contribution >= 4 is 29.4 Å². The van der Waals surface area contributed by atoms with Crippen molar-refractivity contribution in [3.8, 4) is 5.75 Å². The third-order valence-electron chi connectivity index (χ3n) is 5.13. The number of amides is 3. The lowest BCUT2D eigenvalue weighted by molar-refractivity contribution is -0.125. The number of hydrogen-bond donors (Lipinski definition) is 2. The number of ether oxygens (including phenoxy) is 1. The maximum absolute atomic E-state index is 13.3. The van der Waals surface area contributed by atoms with Crippen molar-refractivity contribution in [2.24, 2.45) is 0 Å². The highest BCUT2D eigenvalue weighted by Crippen LogP contribution is 2.42. The van der Waals surface area contributed by atoms with Gasteiger partial charge in [-0.05, 0) is 68.7 Å². The largest absolute Gasteiger partial charge is 0.497 e. The molecular formula is C23H29N3O3S. The molecule has 2 aromatic rings. The number of nitrogens with zero attached hydrogens (tertiary/aromatic N) is 1. The smallest absolute Gasteiger partial charge is 0.323 e. The summed E-state index contributed by atoms with van der Waals surface area (Å²) < 4.78 is 5.25. The Bertz CT molecular complexity index is 914. The minimum absolute atomic E-state index is 0.00666. The molecule has 7 heteroatoms. The lowest BCUT2D eigenvalue weighted by Gasteiger charge is -2.29. The van der Waals surface area contributed by atoms with Crippen LogP contribution in [0.25, 0.3) is 0 Å². The number of thioether (sulfide) groups is 1. The first-order valence-corrected chi connectivity index (χ1v) is 11.1.